The average molecular weight is 427 g/mol. The Morgan fingerprint density at radius 2 is 2.17 bits per heavy atom. The highest BCUT2D eigenvalue weighted by molar-refractivity contribution is 7.09. The molecule has 0 spiro atoms. The number of hydrogen-bond donors (Lipinski definition) is 3. The van der Waals surface area contributed by atoms with Crippen LogP contribution in [0.5, 0.6) is 5.75 Å². The first-order valence-corrected chi connectivity index (χ1v) is 9.75. The summed E-state index contributed by atoms with van der Waals surface area (Å²) >= 11 is 0.939. The van der Waals surface area contributed by atoms with Gasteiger partial charge in [0.05, 0.1) is 13.1 Å². The number of carbonyl (C=O) groups excluding carboxylic acids is 1. The molecule has 1 aliphatic heterocycles. The topological polar surface area (TPSA) is 87.6 Å². The van der Waals surface area contributed by atoms with Gasteiger partial charge in [0.1, 0.15) is 17.4 Å². The van der Waals surface area contributed by atoms with Gasteiger partial charge >= 0.3 is 6.18 Å². The standard InChI is InChI=1S/C18H20F3N5O2S/c1-22-17(24-9-16-26-14(10-29-16)18(19,20)21)23-6-7-28-12-3-4-13-11(8-12)2-5-15(27)25-13/h3-4,8,10H,2,5-7,9H2,1H3,(H,25,27)(H2,22,23,24). The number of rotatable bonds is 6. The third kappa shape index (κ3) is 5.83. The summed E-state index contributed by atoms with van der Waals surface area (Å²) < 4.78 is 43.4. The lowest BCUT2D eigenvalue weighted by atomic mass is 10.0. The van der Waals surface area contributed by atoms with Gasteiger partial charge in [0.15, 0.2) is 11.7 Å². The molecule has 2 heterocycles. The number of ether oxygens (including phenoxy) is 1. The number of guanidine groups is 1. The van der Waals surface area contributed by atoms with Gasteiger partial charge in [0, 0.05) is 24.5 Å². The zero-order valence-electron chi connectivity index (χ0n) is 15.6. The van der Waals surface area contributed by atoms with Crippen LogP contribution in [0.2, 0.25) is 0 Å². The number of aromatic nitrogens is 1. The van der Waals surface area contributed by atoms with Gasteiger partial charge in [-0.2, -0.15) is 13.2 Å². The van der Waals surface area contributed by atoms with Crippen LogP contribution in [0.1, 0.15) is 22.7 Å². The molecule has 7 nitrogen and oxygen atoms in total. The van der Waals surface area contributed by atoms with Crippen molar-refractivity contribution in [2.75, 3.05) is 25.5 Å². The van der Waals surface area contributed by atoms with Crippen molar-refractivity contribution in [1.82, 2.24) is 15.6 Å². The summed E-state index contributed by atoms with van der Waals surface area (Å²) in [6.45, 7) is 0.943. The van der Waals surface area contributed by atoms with E-state index in [-0.39, 0.29) is 12.5 Å². The van der Waals surface area contributed by atoms with Gasteiger partial charge in [0.25, 0.3) is 0 Å². The molecule has 29 heavy (non-hydrogen) atoms. The second-order valence-electron chi connectivity index (χ2n) is 6.19. The molecule has 0 saturated heterocycles. The van der Waals surface area contributed by atoms with Crippen LogP contribution in [0, 0.1) is 0 Å². The first-order valence-electron chi connectivity index (χ1n) is 8.87. The number of nitrogens with zero attached hydrogens (tertiary/aromatic N) is 2. The SMILES string of the molecule is CN=C(NCCOc1ccc2c(c1)CCC(=O)N2)NCc1nc(C(F)(F)F)cs1. The minimum atomic E-state index is -4.44. The molecule has 0 atom stereocenters. The van der Waals surface area contributed by atoms with Gasteiger partial charge in [-0.05, 0) is 30.2 Å². The fourth-order valence-corrected chi connectivity index (χ4v) is 3.43. The van der Waals surface area contributed by atoms with Crippen LogP contribution in [0.15, 0.2) is 28.6 Å². The van der Waals surface area contributed by atoms with E-state index in [9.17, 15) is 18.0 Å². The second kappa shape index (κ2) is 9.12. The Kier molecular flexibility index (Phi) is 6.57. The largest absolute Gasteiger partial charge is 0.492 e. The van der Waals surface area contributed by atoms with Crippen LogP contribution in [0.4, 0.5) is 18.9 Å². The van der Waals surface area contributed by atoms with E-state index in [1.807, 2.05) is 12.1 Å². The van der Waals surface area contributed by atoms with Crippen molar-refractivity contribution in [2.45, 2.75) is 25.6 Å². The quantitative estimate of drug-likeness (QED) is 0.375. The maximum absolute atomic E-state index is 12.6. The molecular formula is C18H20F3N5O2S. The molecule has 0 saturated carbocycles. The number of benzene rings is 1. The molecule has 0 aliphatic carbocycles. The van der Waals surface area contributed by atoms with Gasteiger partial charge in [0.2, 0.25) is 5.91 Å². The van der Waals surface area contributed by atoms with Crippen molar-refractivity contribution in [3.05, 3.63) is 39.8 Å². The van der Waals surface area contributed by atoms with Crippen LogP contribution < -0.4 is 20.7 Å². The third-order valence-electron chi connectivity index (χ3n) is 4.11. The third-order valence-corrected chi connectivity index (χ3v) is 4.96. The number of aliphatic imine (C=N–C) groups is 1. The van der Waals surface area contributed by atoms with Crippen molar-refractivity contribution >= 4 is 28.9 Å². The molecule has 3 rings (SSSR count). The van der Waals surface area contributed by atoms with Crippen molar-refractivity contribution in [1.29, 1.82) is 0 Å². The van der Waals surface area contributed by atoms with Gasteiger partial charge in [-0.1, -0.05) is 0 Å². The summed E-state index contributed by atoms with van der Waals surface area (Å²) in [4.78, 5) is 19.0. The summed E-state index contributed by atoms with van der Waals surface area (Å²) in [5, 5.41) is 10.1. The number of carbonyl (C=O) groups is 1. The Morgan fingerprint density at radius 3 is 2.90 bits per heavy atom. The molecular weight excluding hydrogens is 407 g/mol. The van der Waals surface area contributed by atoms with E-state index in [0.717, 1.165) is 28.0 Å². The Morgan fingerprint density at radius 1 is 1.34 bits per heavy atom. The lowest BCUT2D eigenvalue weighted by Gasteiger charge is -2.18. The molecule has 156 valence electrons. The normalized spacial score (nSPS) is 14.2. The van der Waals surface area contributed by atoms with E-state index in [1.165, 1.54) is 0 Å². The maximum atomic E-state index is 12.6. The number of halogens is 3. The molecule has 11 heteroatoms. The monoisotopic (exact) mass is 427 g/mol. The van der Waals surface area contributed by atoms with Crippen LogP contribution in [0.25, 0.3) is 0 Å². The summed E-state index contributed by atoms with van der Waals surface area (Å²) in [5.41, 5.74) is 0.960. The number of alkyl halides is 3. The molecule has 1 aliphatic rings. The van der Waals surface area contributed by atoms with E-state index in [4.69, 9.17) is 4.74 Å². The summed E-state index contributed by atoms with van der Waals surface area (Å²) in [6, 6.07) is 5.51. The minimum Gasteiger partial charge on any atom is -0.492 e. The number of aryl methyl sites for hydroxylation is 1. The number of amides is 1. The molecule has 0 fully saturated rings. The maximum Gasteiger partial charge on any atom is 0.434 e. The first-order chi connectivity index (χ1) is 13.8. The predicted molar refractivity (Wildman–Crippen MR) is 104 cm³/mol. The second-order valence-corrected chi connectivity index (χ2v) is 7.14. The Bertz CT molecular complexity index is 898. The summed E-state index contributed by atoms with van der Waals surface area (Å²) in [6.07, 6.45) is -3.29. The van der Waals surface area contributed by atoms with Gasteiger partial charge in [-0.15, -0.1) is 11.3 Å². The average Bonchev–Trinajstić information content (AvgIpc) is 3.17. The molecule has 1 aromatic carbocycles. The number of anilines is 1. The highest BCUT2D eigenvalue weighted by Crippen LogP contribution is 2.30. The van der Waals surface area contributed by atoms with Crippen molar-refractivity contribution in [2.24, 2.45) is 4.99 Å². The zero-order valence-corrected chi connectivity index (χ0v) is 16.4. The van der Waals surface area contributed by atoms with Crippen LogP contribution >= 0.6 is 11.3 Å². The predicted octanol–water partition coefficient (Wildman–Crippen LogP) is 2.79. The number of thiazole rings is 1. The molecule has 3 N–H and O–H groups in total. The fourth-order valence-electron chi connectivity index (χ4n) is 2.69. The first kappa shape index (κ1) is 20.9. The molecule has 0 bridgehead atoms. The van der Waals surface area contributed by atoms with Gasteiger partial charge < -0.3 is 20.7 Å². The summed E-state index contributed by atoms with van der Waals surface area (Å²) in [5.74, 6) is 1.15. The van der Waals surface area contributed by atoms with Crippen molar-refractivity contribution < 1.29 is 22.7 Å². The van der Waals surface area contributed by atoms with Crippen molar-refractivity contribution in [3.63, 3.8) is 0 Å². The highest BCUT2D eigenvalue weighted by atomic mass is 32.1. The van der Waals surface area contributed by atoms with Crippen molar-refractivity contribution in [3.8, 4) is 5.75 Å². The lowest BCUT2D eigenvalue weighted by molar-refractivity contribution is -0.140. The Balaban J connectivity index is 1.41. The van der Waals surface area contributed by atoms with Crippen LogP contribution in [-0.2, 0) is 23.9 Å². The molecule has 1 amide bonds. The van der Waals surface area contributed by atoms with E-state index in [2.05, 4.69) is 25.9 Å². The molecule has 0 radical (unpaired) electrons. The van der Waals surface area contributed by atoms with Gasteiger partial charge in [-0.3, -0.25) is 9.79 Å². The Hall–Kier alpha value is -2.82. The minimum absolute atomic E-state index is 0.0154. The number of fused-ring (bicyclic) bond motifs is 1. The van der Waals surface area contributed by atoms with E-state index in [0.29, 0.717) is 42.7 Å². The molecule has 0 unspecified atom stereocenters. The van der Waals surface area contributed by atoms with Crippen LogP contribution in [-0.4, -0.2) is 37.1 Å². The molecule has 2 aromatic rings. The van der Waals surface area contributed by atoms with E-state index >= 15 is 0 Å². The van der Waals surface area contributed by atoms with E-state index in [1.54, 1.807) is 13.1 Å². The zero-order chi connectivity index (χ0) is 20.9. The molecule has 1 aromatic heterocycles. The summed E-state index contributed by atoms with van der Waals surface area (Å²) in [7, 11) is 1.57. The lowest BCUT2D eigenvalue weighted by Crippen LogP contribution is -2.38. The number of hydrogen-bond acceptors (Lipinski definition) is 5. The fraction of sp³-hybridized carbons (Fsp3) is 0.389. The van der Waals surface area contributed by atoms with Crippen LogP contribution in [0.3, 0.4) is 0 Å². The Labute approximate surface area is 169 Å². The van der Waals surface area contributed by atoms with Gasteiger partial charge in [-0.25, -0.2) is 4.98 Å². The van der Waals surface area contributed by atoms with E-state index < -0.39 is 11.9 Å². The highest BCUT2D eigenvalue weighted by Gasteiger charge is 2.33. The number of nitrogens with one attached hydrogen (secondary N) is 3. The smallest absolute Gasteiger partial charge is 0.434 e.